The number of hydrogen-bond acceptors (Lipinski definition) is 3. The number of carbonyl (C=O) groups excluding carboxylic acids is 2. The molecular formula is C15H18N2O4. The van der Waals surface area contributed by atoms with Gasteiger partial charge in [-0.05, 0) is 24.1 Å². The molecule has 1 atom stereocenters. The van der Waals surface area contributed by atoms with Gasteiger partial charge in [0.1, 0.15) is 0 Å². The minimum atomic E-state index is -0.971. The van der Waals surface area contributed by atoms with Gasteiger partial charge in [-0.2, -0.15) is 0 Å². The molecule has 21 heavy (non-hydrogen) atoms. The Morgan fingerprint density at radius 1 is 1.29 bits per heavy atom. The molecule has 1 aromatic carbocycles. The maximum absolute atomic E-state index is 12.0. The third kappa shape index (κ3) is 3.81. The molecule has 0 radical (unpaired) electrons. The molecular weight excluding hydrogens is 272 g/mol. The molecule has 1 fully saturated rings. The number of carboxylic acids is 1. The van der Waals surface area contributed by atoms with Crippen molar-refractivity contribution in [1.82, 2.24) is 10.2 Å². The highest BCUT2D eigenvalue weighted by molar-refractivity contribution is 5.87. The predicted octanol–water partition coefficient (Wildman–Crippen LogP) is 0.869. The molecule has 0 aliphatic carbocycles. The van der Waals surface area contributed by atoms with Crippen molar-refractivity contribution in [3.63, 3.8) is 0 Å². The number of aromatic carboxylic acids is 1. The summed E-state index contributed by atoms with van der Waals surface area (Å²) >= 11 is 0. The van der Waals surface area contributed by atoms with Crippen LogP contribution in [0.3, 0.4) is 0 Å². The van der Waals surface area contributed by atoms with Crippen molar-refractivity contribution >= 4 is 17.8 Å². The van der Waals surface area contributed by atoms with Gasteiger partial charge in [0.2, 0.25) is 11.8 Å². The minimum absolute atomic E-state index is 0.00504. The Morgan fingerprint density at radius 2 is 1.95 bits per heavy atom. The first-order valence-corrected chi connectivity index (χ1v) is 6.83. The molecule has 0 saturated carbocycles. The monoisotopic (exact) mass is 290 g/mol. The lowest BCUT2D eigenvalue weighted by Gasteiger charge is -2.14. The second kappa shape index (κ2) is 6.39. The number of rotatable bonds is 4. The van der Waals surface area contributed by atoms with Crippen LogP contribution in [0.1, 0.15) is 29.3 Å². The normalized spacial score (nSPS) is 17.6. The van der Waals surface area contributed by atoms with Crippen molar-refractivity contribution in [2.45, 2.75) is 19.9 Å². The Bertz CT molecular complexity index is 553. The van der Waals surface area contributed by atoms with Crippen molar-refractivity contribution in [2.24, 2.45) is 5.92 Å². The minimum Gasteiger partial charge on any atom is -0.478 e. The van der Waals surface area contributed by atoms with Crippen LogP contribution in [0.5, 0.6) is 0 Å². The van der Waals surface area contributed by atoms with Gasteiger partial charge in [-0.1, -0.05) is 12.1 Å². The standard InChI is InChI=1S/C15H18N2O4/c1-10(18)17-7-6-13(9-17)14(19)16-8-11-2-4-12(5-3-11)15(20)21/h2-5,13H,6-9H2,1H3,(H,16,19)(H,20,21)/t13-/m1/s1. The van der Waals surface area contributed by atoms with Crippen LogP contribution in [0.2, 0.25) is 0 Å². The fraction of sp³-hybridized carbons (Fsp3) is 0.400. The molecule has 1 aromatic rings. The zero-order valence-electron chi connectivity index (χ0n) is 11.8. The van der Waals surface area contributed by atoms with Crippen LogP contribution >= 0.6 is 0 Å². The fourth-order valence-electron chi connectivity index (χ4n) is 2.36. The lowest BCUT2D eigenvalue weighted by Crippen LogP contribution is -2.33. The molecule has 1 heterocycles. The Kier molecular flexibility index (Phi) is 4.57. The van der Waals surface area contributed by atoms with Crippen LogP contribution in [0, 0.1) is 5.92 Å². The highest BCUT2D eigenvalue weighted by atomic mass is 16.4. The van der Waals surface area contributed by atoms with E-state index in [1.54, 1.807) is 17.0 Å². The number of amides is 2. The summed E-state index contributed by atoms with van der Waals surface area (Å²) in [4.78, 5) is 35.7. The molecule has 0 unspecified atom stereocenters. The van der Waals surface area contributed by atoms with Gasteiger partial charge in [0, 0.05) is 26.6 Å². The predicted molar refractivity (Wildman–Crippen MR) is 75.6 cm³/mol. The number of hydrogen-bond donors (Lipinski definition) is 2. The van der Waals surface area contributed by atoms with Gasteiger partial charge in [-0.25, -0.2) is 4.79 Å². The molecule has 0 bridgehead atoms. The highest BCUT2D eigenvalue weighted by Gasteiger charge is 2.29. The van der Waals surface area contributed by atoms with E-state index in [1.807, 2.05) is 0 Å². The summed E-state index contributed by atoms with van der Waals surface area (Å²) in [5.74, 6) is -1.20. The van der Waals surface area contributed by atoms with E-state index in [2.05, 4.69) is 5.32 Å². The molecule has 6 heteroatoms. The average Bonchev–Trinajstić information content (AvgIpc) is 2.95. The van der Waals surface area contributed by atoms with Gasteiger partial charge in [0.05, 0.1) is 11.5 Å². The van der Waals surface area contributed by atoms with Gasteiger partial charge in [-0.3, -0.25) is 9.59 Å². The smallest absolute Gasteiger partial charge is 0.335 e. The Hall–Kier alpha value is -2.37. The van der Waals surface area contributed by atoms with Crippen molar-refractivity contribution in [2.75, 3.05) is 13.1 Å². The number of carbonyl (C=O) groups is 3. The van der Waals surface area contributed by atoms with E-state index in [0.29, 0.717) is 26.1 Å². The summed E-state index contributed by atoms with van der Waals surface area (Å²) in [7, 11) is 0. The van der Waals surface area contributed by atoms with Crippen LogP contribution in [0.25, 0.3) is 0 Å². The average molecular weight is 290 g/mol. The second-order valence-corrected chi connectivity index (χ2v) is 5.17. The number of carboxylic acid groups (broad SMARTS) is 1. The third-order valence-electron chi connectivity index (χ3n) is 3.67. The van der Waals surface area contributed by atoms with Crippen molar-refractivity contribution in [1.29, 1.82) is 0 Å². The number of nitrogens with one attached hydrogen (secondary N) is 1. The van der Waals surface area contributed by atoms with Gasteiger partial charge in [0.15, 0.2) is 0 Å². The summed E-state index contributed by atoms with van der Waals surface area (Å²) in [5.41, 5.74) is 1.06. The van der Waals surface area contributed by atoms with Crippen molar-refractivity contribution < 1.29 is 19.5 Å². The zero-order valence-corrected chi connectivity index (χ0v) is 11.8. The number of likely N-dealkylation sites (tertiary alicyclic amines) is 1. The molecule has 0 aromatic heterocycles. The van der Waals surface area contributed by atoms with Gasteiger partial charge < -0.3 is 15.3 Å². The first-order valence-electron chi connectivity index (χ1n) is 6.83. The Labute approximate surface area is 122 Å². The SMILES string of the molecule is CC(=O)N1CC[C@@H](C(=O)NCc2ccc(C(=O)O)cc2)C1. The van der Waals surface area contributed by atoms with Crippen LogP contribution < -0.4 is 5.32 Å². The van der Waals surface area contributed by atoms with Crippen molar-refractivity contribution in [3.05, 3.63) is 35.4 Å². The van der Waals surface area contributed by atoms with E-state index >= 15 is 0 Å². The molecule has 2 rings (SSSR count). The molecule has 2 amide bonds. The molecule has 112 valence electrons. The summed E-state index contributed by atoms with van der Waals surface area (Å²) in [6.45, 7) is 2.96. The topological polar surface area (TPSA) is 86.7 Å². The molecule has 1 aliphatic rings. The maximum atomic E-state index is 12.0. The molecule has 1 aliphatic heterocycles. The molecule has 2 N–H and O–H groups in total. The quantitative estimate of drug-likeness (QED) is 0.861. The zero-order chi connectivity index (χ0) is 15.4. The largest absolute Gasteiger partial charge is 0.478 e. The highest BCUT2D eigenvalue weighted by Crippen LogP contribution is 2.16. The summed E-state index contributed by atoms with van der Waals surface area (Å²) in [6, 6.07) is 6.38. The third-order valence-corrected chi connectivity index (χ3v) is 3.67. The Balaban J connectivity index is 1.84. The summed E-state index contributed by atoms with van der Waals surface area (Å²) in [5, 5.41) is 11.6. The second-order valence-electron chi connectivity index (χ2n) is 5.17. The van der Waals surface area contributed by atoms with Crippen LogP contribution in [-0.4, -0.2) is 40.9 Å². The lowest BCUT2D eigenvalue weighted by molar-refractivity contribution is -0.128. The number of nitrogens with zero attached hydrogens (tertiary/aromatic N) is 1. The van der Waals surface area contributed by atoms with Crippen LogP contribution in [0.4, 0.5) is 0 Å². The van der Waals surface area contributed by atoms with Crippen LogP contribution in [-0.2, 0) is 16.1 Å². The molecule has 1 saturated heterocycles. The molecule has 0 spiro atoms. The van der Waals surface area contributed by atoms with Gasteiger partial charge in [-0.15, -0.1) is 0 Å². The van der Waals surface area contributed by atoms with E-state index in [-0.39, 0.29) is 23.3 Å². The Morgan fingerprint density at radius 3 is 2.48 bits per heavy atom. The van der Waals surface area contributed by atoms with Crippen molar-refractivity contribution in [3.8, 4) is 0 Å². The maximum Gasteiger partial charge on any atom is 0.335 e. The van der Waals surface area contributed by atoms with E-state index in [9.17, 15) is 14.4 Å². The summed E-state index contributed by atoms with van der Waals surface area (Å²) < 4.78 is 0. The first-order chi connectivity index (χ1) is 9.97. The van der Waals surface area contributed by atoms with E-state index in [4.69, 9.17) is 5.11 Å². The fourth-order valence-corrected chi connectivity index (χ4v) is 2.36. The number of benzene rings is 1. The van der Waals surface area contributed by atoms with Crippen LogP contribution in [0.15, 0.2) is 24.3 Å². The molecule has 6 nitrogen and oxygen atoms in total. The summed E-state index contributed by atoms with van der Waals surface area (Å²) in [6.07, 6.45) is 0.684. The van der Waals surface area contributed by atoms with E-state index in [0.717, 1.165) is 5.56 Å². The van der Waals surface area contributed by atoms with E-state index in [1.165, 1.54) is 19.1 Å². The lowest BCUT2D eigenvalue weighted by atomic mass is 10.1. The van der Waals surface area contributed by atoms with Gasteiger partial charge >= 0.3 is 5.97 Å². The first kappa shape index (κ1) is 15.0. The van der Waals surface area contributed by atoms with E-state index < -0.39 is 5.97 Å². The van der Waals surface area contributed by atoms with Gasteiger partial charge in [0.25, 0.3) is 0 Å².